The minimum absolute atomic E-state index is 0.0225. The summed E-state index contributed by atoms with van der Waals surface area (Å²) < 4.78 is 11.9. The molecular weight excluding hydrogens is 490 g/mol. The van der Waals surface area contributed by atoms with Crippen LogP contribution in [-0.2, 0) is 0 Å². The summed E-state index contributed by atoms with van der Waals surface area (Å²) in [5, 5.41) is 21.5. The number of aryl methyl sites for hydroxylation is 1. The second-order valence-corrected chi connectivity index (χ2v) is 8.40. The molecule has 0 radical (unpaired) electrons. The SMILES string of the molecule is COc1cc(-c2nc(-c3c[nH]c4cc(Br)ccc34)[nH]c2-c2oc(C)cc(=O)c2O)ccc1O. The monoisotopic (exact) mass is 507 g/mol. The lowest BCUT2D eigenvalue weighted by atomic mass is 10.1. The van der Waals surface area contributed by atoms with E-state index < -0.39 is 11.2 Å². The Balaban J connectivity index is 1.79. The summed E-state index contributed by atoms with van der Waals surface area (Å²) in [6.45, 7) is 1.63. The van der Waals surface area contributed by atoms with E-state index in [9.17, 15) is 15.0 Å². The molecule has 0 fully saturated rings. The molecule has 0 aliphatic heterocycles. The summed E-state index contributed by atoms with van der Waals surface area (Å²) in [7, 11) is 1.45. The number of phenolic OH excluding ortho intramolecular Hbond substituents is 1. The third-order valence-corrected chi connectivity index (χ3v) is 5.82. The maximum absolute atomic E-state index is 12.3. The first-order valence-corrected chi connectivity index (χ1v) is 10.7. The Kier molecular flexibility index (Phi) is 4.98. The molecule has 0 saturated carbocycles. The molecule has 0 spiro atoms. The van der Waals surface area contributed by atoms with Crippen molar-refractivity contribution in [3.8, 4) is 51.3 Å². The summed E-state index contributed by atoms with van der Waals surface area (Å²) in [4.78, 5) is 23.5. The van der Waals surface area contributed by atoms with Crippen molar-refractivity contribution in [2.45, 2.75) is 6.92 Å². The number of ether oxygens (including phenoxy) is 1. The highest BCUT2D eigenvalue weighted by Crippen LogP contribution is 2.40. The van der Waals surface area contributed by atoms with Crippen LogP contribution in [0.4, 0.5) is 0 Å². The number of halogens is 1. The van der Waals surface area contributed by atoms with Gasteiger partial charge in [0.1, 0.15) is 23.0 Å². The number of fused-ring (bicyclic) bond motifs is 1. The van der Waals surface area contributed by atoms with E-state index in [-0.39, 0.29) is 17.3 Å². The van der Waals surface area contributed by atoms with Gasteiger partial charge in [0.15, 0.2) is 17.3 Å². The maximum atomic E-state index is 12.3. The van der Waals surface area contributed by atoms with Crippen molar-refractivity contribution in [1.82, 2.24) is 15.0 Å². The maximum Gasteiger partial charge on any atom is 0.227 e. The Hall–Kier alpha value is -3.98. The fraction of sp³-hybridized carbons (Fsp3) is 0.0833. The van der Waals surface area contributed by atoms with Crippen LogP contribution in [0.5, 0.6) is 17.2 Å². The molecule has 33 heavy (non-hydrogen) atoms. The van der Waals surface area contributed by atoms with Gasteiger partial charge in [0, 0.05) is 38.8 Å². The van der Waals surface area contributed by atoms with Gasteiger partial charge in [-0.2, -0.15) is 0 Å². The number of hydrogen-bond acceptors (Lipinski definition) is 6. The van der Waals surface area contributed by atoms with Crippen molar-refractivity contribution in [3.05, 3.63) is 69.1 Å². The Morgan fingerprint density at radius 2 is 1.94 bits per heavy atom. The summed E-state index contributed by atoms with van der Waals surface area (Å²) in [5.41, 5.74) is 2.48. The van der Waals surface area contributed by atoms with Crippen LogP contribution in [0, 0.1) is 6.92 Å². The summed E-state index contributed by atoms with van der Waals surface area (Å²) in [5.74, 6) is 0.536. The fourth-order valence-corrected chi connectivity index (χ4v) is 4.13. The molecule has 166 valence electrons. The lowest BCUT2D eigenvalue weighted by Crippen LogP contribution is -2.01. The number of aromatic amines is 2. The molecule has 8 nitrogen and oxygen atoms in total. The van der Waals surface area contributed by atoms with Crippen LogP contribution in [0.1, 0.15) is 5.76 Å². The predicted octanol–water partition coefficient (Wildman–Crippen LogP) is 5.34. The number of hydrogen-bond donors (Lipinski definition) is 4. The van der Waals surface area contributed by atoms with Gasteiger partial charge < -0.3 is 29.3 Å². The molecule has 4 N–H and O–H groups in total. The van der Waals surface area contributed by atoms with E-state index in [1.54, 1.807) is 19.1 Å². The number of benzene rings is 2. The van der Waals surface area contributed by atoms with Crippen LogP contribution in [0.3, 0.4) is 0 Å². The molecule has 2 aromatic carbocycles. The highest BCUT2D eigenvalue weighted by Gasteiger charge is 2.23. The van der Waals surface area contributed by atoms with Crippen molar-refractivity contribution in [3.63, 3.8) is 0 Å². The highest BCUT2D eigenvalue weighted by molar-refractivity contribution is 9.10. The lowest BCUT2D eigenvalue weighted by Gasteiger charge is -2.08. The Bertz CT molecular complexity index is 1580. The van der Waals surface area contributed by atoms with E-state index in [2.05, 4.69) is 25.9 Å². The topological polar surface area (TPSA) is 124 Å². The number of imidazole rings is 1. The van der Waals surface area contributed by atoms with E-state index in [0.29, 0.717) is 28.5 Å². The van der Waals surface area contributed by atoms with Crippen molar-refractivity contribution in [2.24, 2.45) is 0 Å². The smallest absolute Gasteiger partial charge is 0.227 e. The highest BCUT2D eigenvalue weighted by atomic mass is 79.9. The van der Waals surface area contributed by atoms with Crippen molar-refractivity contribution in [1.29, 1.82) is 0 Å². The summed E-state index contributed by atoms with van der Waals surface area (Å²) in [6, 6.07) is 11.8. The van der Waals surface area contributed by atoms with Crippen LogP contribution < -0.4 is 10.2 Å². The zero-order chi connectivity index (χ0) is 23.3. The first-order valence-electron chi connectivity index (χ1n) is 9.94. The number of aromatic hydroxyl groups is 2. The fourth-order valence-electron chi connectivity index (χ4n) is 3.77. The number of rotatable bonds is 4. The largest absolute Gasteiger partial charge is 0.504 e. The van der Waals surface area contributed by atoms with Gasteiger partial charge >= 0.3 is 0 Å². The molecule has 0 aliphatic carbocycles. The van der Waals surface area contributed by atoms with Gasteiger partial charge in [-0.25, -0.2) is 4.98 Å². The molecular formula is C24H18BrN3O5. The quantitative estimate of drug-likeness (QED) is 0.260. The Morgan fingerprint density at radius 1 is 1.12 bits per heavy atom. The van der Waals surface area contributed by atoms with E-state index >= 15 is 0 Å². The molecule has 5 aromatic rings. The molecule has 0 saturated heterocycles. The average molecular weight is 508 g/mol. The number of nitrogens with zero attached hydrogens (tertiary/aromatic N) is 1. The first kappa shape index (κ1) is 20.9. The normalized spacial score (nSPS) is 11.2. The number of phenols is 1. The van der Waals surface area contributed by atoms with Gasteiger partial charge in [0.2, 0.25) is 11.2 Å². The van der Waals surface area contributed by atoms with Crippen molar-refractivity contribution >= 4 is 26.8 Å². The third kappa shape index (κ3) is 3.56. The molecule has 0 aliphatic rings. The van der Waals surface area contributed by atoms with E-state index in [0.717, 1.165) is 20.9 Å². The second kappa shape index (κ2) is 7.86. The molecule has 0 unspecified atom stereocenters. The molecule has 9 heteroatoms. The van der Waals surface area contributed by atoms with Gasteiger partial charge in [0.25, 0.3) is 0 Å². The predicted molar refractivity (Wildman–Crippen MR) is 128 cm³/mol. The van der Waals surface area contributed by atoms with Crippen LogP contribution in [0.25, 0.3) is 45.0 Å². The lowest BCUT2D eigenvalue weighted by molar-refractivity contribution is 0.373. The molecule has 0 atom stereocenters. The summed E-state index contributed by atoms with van der Waals surface area (Å²) in [6.07, 6.45) is 1.83. The number of aromatic nitrogens is 3. The second-order valence-electron chi connectivity index (χ2n) is 7.49. The summed E-state index contributed by atoms with van der Waals surface area (Å²) >= 11 is 3.47. The molecule has 0 amide bonds. The zero-order valence-electron chi connectivity index (χ0n) is 17.6. The van der Waals surface area contributed by atoms with Crippen molar-refractivity contribution in [2.75, 3.05) is 7.11 Å². The van der Waals surface area contributed by atoms with Crippen LogP contribution in [0.2, 0.25) is 0 Å². The van der Waals surface area contributed by atoms with Gasteiger partial charge in [0.05, 0.1) is 7.11 Å². The van der Waals surface area contributed by atoms with Crippen molar-refractivity contribution < 1.29 is 19.4 Å². The molecule has 0 bridgehead atoms. The van der Waals surface area contributed by atoms with Crippen LogP contribution in [0.15, 0.2) is 62.3 Å². The van der Waals surface area contributed by atoms with E-state index in [1.807, 2.05) is 24.4 Å². The third-order valence-electron chi connectivity index (χ3n) is 5.33. The van der Waals surface area contributed by atoms with Crippen LogP contribution in [-0.4, -0.2) is 32.3 Å². The minimum atomic E-state index is -0.559. The van der Waals surface area contributed by atoms with Gasteiger partial charge in [-0.05, 0) is 37.3 Å². The van der Waals surface area contributed by atoms with Gasteiger partial charge in [-0.1, -0.05) is 22.0 Å². The zero-order valence-corrected chi connectivity index (χ0v) is 19.1. The van der Waals surface area contributed by atoms with Crippen LogP contribution >= 0.6 is 15.9 Å². The van der Waals surface area contributed by atoms with Gasteiger partial charge in [-0.15, -0.1) is 0 Å². The number of methoxy groups -OCH3 is 1. The molecule has 3 heterocycles. The minimum Gasteiger partial charge on any atom is -0.504 e. The van der Waals surface area contributed by atoms with Gasteiger partial charge in [-0.3, -0.25) is 4.79 Å². The van der Waals surface area contributed by atoms with E-state index in [1.165, 1.54) is 19.2 Å². The Morgan fingerprint density at radius 3 is 2.73 bits per heavy atom. The van der Waals surface area contributed by atoms with E-state index in [4.69, 9.17) is 14.1 Å². The molecule has 3 aromatic heterocycles. The average Bonchev–Trinajstić information content (AvgIpc) is 3.40. The number of nitrogens with one attached hydrogen (secondary N) is 2. The Labute approximate surface area is 195 Å². The standard InChI is InChI=1S/C24H18BrN3O5/c1-11-7-18(30)22(31)23(33-11)21-20(12-3-6-17(29)19(8-12)32-2)27-24(28-21)15-10-26-16-9-13(25)4-5-14(15)16/h3-10,26,29,31H,1-2H3,(H,27,28). The number of H-pyrrole nitrogens is 2. The molecule has 5 rings (SSSR count). The first-order chi connectivity index (χ1) is 15.9.